The summed E-state index contributed by atoms with van der Waals surface area (Å²) < 4.78 is 15.0. The fourth-order valence-corrected chi connectivity index (χ4v) is 3.41. The van der Waals surface area contributed by atoms with Crippen molar-refractivity contribution in [2.24, 2.45) is 7.05 Å². The number of nitrogens with one attached hydrogen (secondary N) is 1. The third-order valence-corrected chi connectivity index (χ3v) is 5.30. The molecule has 0 saturated carbocycles. The first-order chi connectivity index (χ1) is 13.3. The topological polar surface area (TPSA) is 63.1 Å². The summed E-state index contributed by atoms with van der Waals surface area (Å²) >= 11 is 6.99. The highest BCUT2D eigenvalue weighted by Gasteiger charge is 2.14. The minimum Gasteiger partial charge on any atom is -0.378 e. The van der Waals surface area contributed by atoms with Gasteiger partial charge >= 0.3 is 0 Å². The Balaban J connectivity index is 1.66. The zero-order valence-corrected chi connectivity index (χ0v) is 17.2. The number of aromatic nitrogens is 3. The molecule has 0 aliphatic carbocycles. The van der Waals surface area contributed by atoms with Crippen molar-refractivity contribution >= 4 is 40.6 Å². The quantitative estimate of drug-likeness (QED) is 0.610. The number of thioether (sulfide) groups is 1. The molecule has 6 nitrogen and oxygen atoms in total. The number of hydrogen-bond acceptors (Lipinski definition) is 5. The predicted octanol–water partition coefficient (Wildman–Crippen LogP) is 4.07. The molecule has 0 fully saturated rings. The van der Waals surface area contributed by atoms with Crippen molar-refractivity contribution in [2.75, 3.05) is 30.1 Å². The van der Waals surface area contributed by atoms with Crippen molar-refractivity contribution in [3.05, 3.63) is 53.3 Å². The molecule has 0 saturated heterocycles. The maximum Gasteiger partial charge on any atom is 0.234 e. The summed E-state index contributed by atoms with van der Waals surface area (Å²) in [5.74, 6) is 0.0846. The summed E-state index contributed by atoms with van der Waals surface area (Å²) in [5.41, 5.74) is 2.45. The van der Waals surface area contributed by atoms with Crippen molar-refractivity contribution < 1.29 is 9.18 Å². The van der Waals surface area contributed by atoms with Crippen molar-refractivity contribution in [1.82, 2.24) is 14.8 Å². The molecule has 2 aromatic carbocycles. The second kappa shape index (κ2) is 8.62. The molecule has 0 atom stereocenters. The standard InChI is InChI=1S/C19H19ClFN5OS/c1-25(2)14-6-4-5-12(9-14)18-23-24-19(26(18)3)28-11-17(27)22-13-7-8-16(21)15(20)10-13/h4-10H,11H2,1-3H3,(H,22,27). The SMILES string of the molecule is CN(C)c1cccc(-c2nnc(SCC(=O)Nc3ccc(F)c(Cl)c3)n2C)c1. The average Bonchev–Trinajstić information content (AvgIpc) is 3.03. The Morgan fingerprint density at radius 3 is 2.75 bits per heavy atom. The maximum absolute atomic E-state index is 13.2. The molecule has 1 aromatic heterocycles. The summed E-state index contributed by atoms with van der Waals surface area (Å²) in [4.78, 5) is 14.2. The largest absolute Gasteiger partial charge is 0.378 e. The maximum atomic E-state index is 13.2. The van der Waals surface area contributed by atoms with E-state index in [1.165, 1.54) is 30.0 Å². The molecule has 0 aliphatic rings. The van der Waals surface area contributed by atoms with Crippen LogP contribution in [0.5, 0.6) is 0 Å². The third-order valence-electron chi connectivity index (χ3n) is 3.99. The van der Waals surface area contributed by atoms with E-state index >= 15 is 0 Å². The molecule has 3 rings (SSSR count). The molecule has 0 spiro atoms. The van der Waals surface area contributed by atoms with Gasteiger partial charge in [-0.05, 0) is 30.3 Å². The number of amides is 1. The Labute approximate surface area is 171 Å². The van der Waals surface area contributed by atoms with Crippen LogP contribution in [0, 0.1) is 5.82 Å². The van der Waals surface area contributed by atoms with E-state index in [4.69, 9.17) is 11.6 Å². The number of nitrogens with zero attached hydrogens (tertiary/aromatic N) is 4. The molecule has 146 valence electrons. The molecule has 1 N–H and O–H groups in total. The van der Waals surface area contributed by atoms with E-state index in [9.17, 15) is 9.18 Å². The molecule has 0 bridgehead atoms. The van der Waals surface area contributed by atoms with Gasteiger partial charge in [0.1, 0.15) is 5.82 Å². The van der Waals surface area contributed by atoms with Crippen LogP contribution in [0.1, 0.15) is 0 Å². The van der Waals surface area contributed by atoms with Gasteiger partial charge in [0.2, 0.25) is 5.91 Å². The molecule has 0 aliphatic heterocycles. The number of carbonyl (C=O) groups is 1. The summed E-state index contributed by atoms with van der Waals surface area (Å²) in [5, 5.41) is 11.7. The number of anilines is 2. The van der Waals surface area contributed by atoms with Crippen LogP contribution in [-0.2, 0) is 11.8 Å². The fraction of sp³-hybridized carbons (Fsp3) is 0.211. The Hall–Kier alpha value is -2.58. The minimum absolute atomic E-state index is 0.0386. The second-order valence-corrected chi connectivity index (χ2v) is 7.63. The van der Waals surface area contributed by atoms with Gasteiger partial charge in [0.15, 0.2) is 11.0 Å². The Bertz CT molecular complexity index is 1010. The van der Waals surface area contributed by atoms with Gasteiger partial charge in [-0.25, -0.2) is 4.39 Å². The first-order valence-corrected chi connectivity index (χ1v) is 9.76. The zero-order chi connectivity index (χ0) is 20.3. The number of rotatable bonds is 6. The first kappa shape index (κ1) is 20.2. The highest BCUT2D eigenvalue weighted by molar-refractivity contribution is 7.99. The van der Waals surface area contributed by atoms with Crippen molar-refractivity contribution in [3.63, 3.8) is 0 Å². The van der Waals surface area contributed by atoms with Crippen LogP contribution in [0.4, 0.5) is 15.8 Å². The molecule has 1 amide bonds. The van der Waals surface area contributed by atoms with Crippen molar-refractivity contribution in [3.8, 4) is 11.4 Å². The summed E-state index contributed by atoms with van der Waals surface area (Å²) in [6, 6.07) is 12.0. The molecule has 28 heavy (non-hydrogen) atoms. The lowest BCUT2D eigenvalue weighted by atomic mass is 10.2. The van der Waals surface area contributed by atoms with Crippen LogP contribution in [0.2, 0.25) is 5.02 Å². The van der Waals surface area contributed by atoms with E-state index in [2.05, 4.69) is 15.5 Å². The third kappa shape index (κ3) is 4.63. The van der Waals surface area contributed by atoms with Gasteiger partial charge < -0.3 is 14.8 Å². The number of benzene rings is 2. The summed E-state index contributed by atoms with van der Waals surface area (Å²) in [6.07, 6.45) is 0. The lowest BCUT2D eigenvalue weighted by Gasteiger charge is -2.13. The van der Waals surface area contributed by atoms with Gasteiger partial charge in [-0.15, -0.1) is 10.2 Å². The van der Waals surface area contributed by atoms with Crippen LogP contribution in [0.3, 0.4) is 0 Å². The molecule has 3 aromatic rings. The highest BCUT2D eigenvalue weighted by Crippen LogP contribution is 2.26. The number of carbonyl (C=O) groups excluding carboxylic acids is 1. The van der Waals surface area contributed by atoms with E-state index < -0.39 is 5.82 Å². The van der Waals surface area contributed by atoms with Gasteiger partial charge in [-0.2, -0.15) is 0 Å². The Morgan fingerprint density at radius 2 is 2.04 bits per heavy atom. The fourth-order valence-electron chi connectivity index (χ4n) is 2.52. The lowest BCUT2D eigenvalue weighted by Crippen LogP contribution is -2.14. The summed E-state index contributed by atoms with van der Waals surface area (Å²) in [6.45, 7) is 0. The van der Waals surface area contributed by atoms with Gasteiger partial charge in [0, 0.05) is 38.1 Å². The highest BCUT2D eigenvalue weighted by atomic mass is 35.5. The lowest BCUT2D eigenvalue weighted by molar-refractivity contribution is -0.113. The van der Waals surface area contributed by atoms with Gasteiger partial charge in [-0.3, -0.25) is 4.79 Å². The van der Waals surface area contributed by atoms with E-state index in [1.807, 2.05) is 54.9 Å². The smallest absolute Gasteiger partial charge is 0.234 e. The Kier molecular flexibility index (Phi) is 6.21. The van der Waals surface area contributed by atoms with Crippen molar-refractivity contribution in [2.45, 2.75) is 5.16 Å². The Morgan fingerprint density at radius 1 is 1.25 bits per heavy atom. The van der Waals surface area contributed by atoms with Gasteiger partial charge in [-0.1, -0.05) is 35.5 Å². The van der Waals surface area contributed by atoms with Gasteiger partial charge in [0.05, 0.1) is 10.8 Å². The number of hydrogen-bond donors (Lipinski definition) is 1. The van der Waals surface area contributed by atoms with Crippen LogP contribution < -0.4 is 10.2 Å². The average molecular weight is 420 g/mol. The van der Waals surface area contributed by atoms with Gasteiger partial charge in [0.25, 0.3) is 0 Å². The summed E-state index contributed by atoms with van der Waals surface area (Å²) in [7, 11) is 5.81. The van der Waals surface area contributed by atoms with E-state index in [-0.39, 0.29) is 16.7 Å². The minimum atomic E-state index is -0.529. The molecular formula is C19H19ClFN5OS. The first-order valence-electron chi connectivity index (χ1n) is 8.40. The second-order valence-electron chi connectivity index (χ2n) is 6.28. The van der Waals surface area contributed by atoms with E-state index in [0.717, 1.165) is 17.1 Å². The molecule has 0 radical (unpaired) electrons. The molecular weight excluding hydrogens is 401 g/mol. The van der Waals surface area contributed by atoms with Crippen molar-refractivity contribution in [1.29, 1.82) is 0 Å². The molecule has 1 heterocycles. The predicted molar refractivity (Wildman–Crippen MR) is 112 cm³/mol. The van der Waals surface area contributed by atoms with Crippen LogP contribution in [-0.4, -0.2) is 40.5 Å². The van der Waals surface area contributed by atoms with E-state index in [1.54, 1.807) is 0 Å². The zero-order valence-electron chi connectivity index (χ0n) is 15.6. The van der Waals surface area contributed by atoms with Crippen LogP contribution in [0.15, 0.2) is 47.6 Å². The molecule has 9 heteroatoms. The number of halogens is 2. The van der Waals surface area contributed by atoms with Crippen LogP contribution in [0.25, 0.3) is 11.4 Å². The van der Waals surface area contributed by atoms with E-state index in [0.29, 0.717) is 10.8 Å². The van der Waals surface area contributed by atoms with Crippen LogP contribution >= 0.6 is 23.4 Å². The molecule has 0 unspecified atom stereocenters. The monoisotopic (exact) mass is 419 g/mol. The normalized spacial score (nSPS) is 10.8.